The third-order valence-corrected chi connectivity index (χ3v) is 5.11. The van der Waals surface area contributed by atoms with Gasteiger partial charge in [-0.2, -0.15) is 0 Å². The van der Waals surface area contributed by atoms with Crippen molar-refractivity contribution in [2.24, 2.45) is 0 Å². The monoisotopic (exact) mass is 506 g/mol. The van der Waals surface area contributed by atoms with E-state index in [0.29, 0.717) is 25.9 Å². The van der Waals surface area contributed by atoms with Gasteiger partial charge in [0.15, 0.2) is 6.61 Å². The minimum absolute atomic E-state index is 0.123. The number of benzene rings is 2. The maximum absolute atomic E-state index is 11.9. The molecule has 6 nitrogen and oxygen atoms in total. The molecule has 0 aromatic heterocycles. The van der Waals surface area contributed by atoms with Gasteiger partial charge in [-0.15, -0.1) is 0 Å². The van der Waals surface area contributed by atoms with Crippen LogP contribution in [0.5, 0.6) is 0 Å². The molecular weight excluding hydrogens is 494 g/mol. The lowest BCUT2D eigenvalue weighted by Crippen LogP contribution is -2.21. The molecular formula is C18H14BrCl3N2O4. The van der Waals surface area contributed by atoms with Gasteiger partial charge in [0.2, 0.25) is 5.91 Å². The number of amides is 2. The Kier molecular flexibility index (Phi) is 8.57. The second-order valence-corrected chi connectivity index (χ2v) is 7.62. The lowest BCUT2D eigenvalue weighted by atomic mass is 10.2. The molecule has 28 heavy (non-hydrogen) atoms. The Morgan fingerprint density at radius 1 is 0.893 bits per heavy atom. The maximum atomic E-state index is 11.9. The van der Waals surface area contributed by atoms with E-state index in [1.165, 1.54) is 6.07 Å². The van der Waals surface area contributed by atoms with Crippen molar-refractivity contribution in [3.05, 3.63) is 55.9 Å². The van der Waals surface area contributed by atoms with Crippen molar-refractivity contribution in [2.45, 2.75) is 12.8 Å². The fraction of sp³-hybridized carbons (Fsp3) is 0.167. The van der Waals surface area contributed by atoms with Crippen LogP contribution in [0.3, 0.4) is 0 Å². The van der Waals surface area contributed by atoms with Crippen molar-refractivity contribution in [3.8, 4) is 0 Å². The SMILES string of the molecule is O=C(COC(=O)CCC(=O)Nc1ccc(Cl)cc1Cl)Nc1ccc(Br)c(Cl)c1. The predicted octanol–water partition coefficient (Wildman–Crippen LogP) is 5.31. The van der Waals surface area contributed by atoms with Gasteiger partial charge in [0.05, 0.1) is 22.2 Å². The van der Waals surface area contributed by atoms with Crippen molar-refractivity contribution < 1.29 is 19.1 Å². The summed E-state index contributed by atoms with van der Waals surface area (Å²) >= 11 is 20.9. The molecule has 0 saturated carbocycles. The highest BCUT2D eigenvalue weighted by Gasteiger charge is 2.12. The Bertz CT molecular complexity index is 908. The molecule has 0 aliphatic carbocycles. The van der Waals surface area contributed by atoms with Crippen molar-refractivity contribution >= 4 is 79.9 Å². The molecule has 0 bridgehead atoms. The van der Waals surface area contributed by atoms with E-state index in [9.17, 15) is 14.4 Å². The molecule has 0 radical (unpaired) electrons. The van der Waals surface area contributed by atoms with E-state index in [4.69, 9.17) is 39.5 Å². The van der Waals surface area contributed by atoms with Crippen LogP contribution in [0, 0.1) is 0 Å². The molecule has 2 aromatic carbocycles. The second-order valence-electron chi connectivity index (χ2n) is 5.51. The van der Waals surface area contributed by atoms with E-state index in [1.54, 1.807) is 30.3 Å². The van der Waals surface area contributed by atoms with E-state index in [1.807, 2.05) is 0 Å². The summed E-state index contributed by atoms with van der Waals surface area (Å²) in [5.74, 6) is -1.62. The molecule has 2 aromatic rings. The van der Waals surface area contributed by atoms with Gasteiger partial charge < -0.3 is 15.4 Å². The highest BCUT2D eigenvalue weighted by Crippen LogP contribution is 2.26. The Morgan fingerprint density at radius 3 is 2.32 bits per heavy atom. The van der Waals surface area contributed by atoms with Gasteiger partial charge in [-0.3, -0.25) is 14.4 Å². The first-order valence-corrected chi connectivity index (χ1v) is 9.82. The minimum Gasteiger partial charge on any atom is -0.456 e. The topological polar surface area (TPSA) is 84.5 Å². The van der Waals surface area contributed by atoms with Crippen LogP contribution in [0.15, 0.2) is 40.9 Å². The van der Waals surface area contributed by atoms with Crippen LogP contribution in [-0.4, -0.2) is 24.4 Å². The van der Waals surface area contributed by atoms with Crippen LogP contribution in [0.4, 0.5) is 11.4 Å². The number of ether oxygens (including phenoxy) is 1. The molecule has 2 amide bonds. The largest absolute Gasteiger partial charge is 0.456 e. The predicted molar refractivity (Wildman–Crippen MR) is 113 cm³/mol. The van der Waals surface area contributed by atoms with Gasteiger partial charge in [-0.05, 0) is 52.3 Å². The number of hydrogen-bond acceptors (Lipinski definition) is 4. The molecule has 0 aliphatic rings. The van der Waals surface area contributed by atoms with Crippen LogP contribution in [0.25, 0.3) is 0 Å². The average Bonchev–Trinajstić information content (AvgIpc) is 2.63. The first-order chi connectivity index (χ1) is 13.2. The first-order valence-electron chi connectivity index (χ1n) is 7.90. The molecule has 0 heterocycles. The molecule has 0 atom stereocenters. The average molecular weight is 509 g/mol. The Balaban J connectivity index is 1.72. The highest BCUT2D eigenvalue weighted by atomic mass is 79.9. The van der Waals surface area contributed by atoms with Crippen LogP contribution >= 0.6 is 50.7 Å². The standard InChI is InChI=1S/C18H14BrCl3N2O4/c19-12-3-2-11(8-13(12)21)23-17(26)9-28-18(27)6-5-16(25)24-15-4-1-10(20)7-14(15)22/h1-4,7-8H,5-6,9H2,(H,23,26)(H,24,25). The normalized spacial score (nSPS) is 10.3. The van der Waals surface area contributed by atoms with Crippen molar-refractivity contribution in [1.82, 2.24) is 0 Å². The van der Waals surface area contributed by atoms with Gasteiger partial charge in [-0.25, -0.2) is 0 Å². The van der Waals surface area contributed by atoms with Crippen molar-refractivity contribution in [3.63, 3.8) is 0 Å². The number of esters is 1. The quantitative estimate of drug-likeness (QED) is 0.497. The van der Waals surface area contributed by atoms with Gasteiger partial charge in [-0.1, -0.05) is 34.8 Å². The van der Waals surface area contributed by atoms with E-state index in [2.05, 4.69) is 26.6 Å². The minimum atomic E-state index is -0.679. The van der Waals surface area contributed by atoms with Gasteiger partial charge in [0, 0.05) is 21.6 Å². The second kappa shape index (κ2) is 10.7. The maximum Gasteiger partial charge on any atom is 0.306 e. The third kappa shape index (κ3) is 7.31. The molecule has 2 N–H and O–H groups in total. The Labute approximate surface area is 184 Å². The zero-order valence-electron chi connectivity index (χ0n) is 14.2. The molecule has 2 rings (SSSR count). The Hall–Kier alpha value is -1.80. The summed E-state index contributed by atoms with van der Waals surface area (Å²) < 4.78 is 5.54. The van der Waals surface area contributed by atoms with E-state index in [-0.39, 0.29) is 17.9 Å². The number of nitrogens with one attached hydrogen (secondary N) is 2. The first kappa shape index (κ1) is 22.5. The number of halogens is 4. The van der Waals surface area contributed by atoms with Crippen LogP contribution in [0.1, 0.15) is 12.8 Å². The third-order valence-electron chi connectivity index (χ3n) is 3.33. The smallest absolute Gasteiger partial charge is 0.306 e. The van der Waals surface area contributed by atoms with Crippen LogP contribution < -0.4 is 10.6 Å². The van der Waals surface area contributed by atoms with Crippen LogP contribution in [0.2, 0.25) is 15.1 Å². The van der Waals surface area contributed by atoms with E-state index >= 15 is 0 Å². The number of carbonyl (C=O) groups excluding carboxylic acids is 3. The molecule has 0 aliphatic heterocycles. The molecule has 0 fully saturated rings. The zero-order chi connectivity index (χ0) is 20.7. The summed E-state index contributed by atoms with van der Waals surface area (Å²) in [5.41, 5.74) is 0.852. The number of carbonyl (C=O) groups is 3. The van der Waals surface area contributed by atoms with Crippen molar-refractivity contribution in [2.75, 3.05) is 17.2 Å². The van der Waals surface area contributed by atoms with Gasteiger partial charge in [0.25, 0.3) is 5.91 Å². The summed E-state index contributed by atoms with van der Waals surface area (Å²) in [6.07, 6.45) is -0.309. The number of rotatable bonds is 7. The van der Waals surface area contributed by atoms with E-state index < -0.39 is 24.4 Å². The van der Waals surface area contributed by atoms with E-state index in [0.717, 1.165) is 0 Å². The fourth-order valence-electron chi connectivity index (χ4n) is 2.01. The summed E-state index contributed by atoms with van der Waals surface area (Å²) in [5, 5.41) is 6.27. The fourth-order valence-corrected chi connectivity index (χ4v) is 2.89. The summed E-state index contributed by atoms with van der Waals surface area (Å²) in [6, 6.07) is 9.49. The molecule has 10 heteroatoms. The number of anilines is 2. The highest BCUT2D eigenvalue weighted by molar-refractivity contribution is 9.10. The molecule has 0 saturated heterocycles. The summed E-state index contributed by atoms with van der Waals surface area (Å²) in [6.45, 7) is -0.475. The summed E-state index contributed by atoms with van der Waals surface area (Å²) in [7, 11) is 0. The zero-order valence-corrected chi connectivity index (χ0v) is 18.1. The lowest BCUT2D eigenvalue weighted by Gasteiger charge is -2.09. The number of hydrogen-bond donors (Lipinski definition) is 2. The lowest BCUT2D eigenvalue weighted by molar-refractivity contribution is -0.147. The molecule has 0 unspecified atom stereocenters. The van der Waals surface area contributed by atoms with Crippen molar-refractivity contribution in [1.29, 1.82) is 0 Å². The van der Waals surface area contributed by atoms with Gasteiger partial charge >= 0.3 is 5.97 Å². The summed E-state index contributed by atoms with van der Waals surface area (Å²) in [4.78, 5) is 35.4. The van der Waals surface area contributed by atoms with Gasteiger partial charge in [0.1, 0.15) is 0 Å². The van der Waals surface area contributed by atoms with Crippen LogP contribution in [-0.2, 0) is 19.1 Å². The molecule has 148 valence electrons. The Morgan fingerprint density at radius 2 is 1.64 bits per heavy atom. The molecule has 0 spiro atoms.